The Morgan fingerprint density at radius 2 is 1.71 bits per heavy atom. The molecular formula is C16H16N2O5S. The van der Waals surface area contributed by atoms with Crippen LogP contribution in [0.2, 0.25) is 0 Å². The van der Waals surface area contributed by atoms with Gasteiger partial charge in [0.25, 0.3) is 5.69 Å². The molecule has 0 spiro atoms. The number of hydrogen-bond donors (Lipinski definition) is 1. The van der Waals surface area contributed by atoms with Crippen LogP contribution in [0.25, 0.3) is 0 Å². The number of nitrogens with one attached hydrogen (secondary N) is 1. The third kappa shape index (κ3) is 4.24. The molecule has 2 aromatic rings. The van der Waals surface area contributed by atoms with E-state index in [9.17, 15) is 23.3 Å². The zero-order chi connectivity index (χ0) is 17.7. The molecule has 0 amide bonds. The first kappa shape index (κ1) is 17.8. The number of rotatable bonds is 7. The number of hydrogen-bond acceptors (Lipinski definition) is 5. The van der Waals surface area contributed by atoms with Gasteiger partial charge in [-0.3, -0.25) is 14.9 Å². The molecule has 0 heterocycles. The maximum absolute atomic E-state index is 12.3. The van der Waals surface area contributed by atoms with Gasteiger partial charge in [0.2, 0.25) is 10.0 Å². The van der Waals surface area contributed by atoms with Gasteiger partial charge in [0.05, 0.1) is 15.7 Å². The molecule has 0 bridgehead atoms. The van der Waals surface area contributed by atoms with Crippen molar-refractivity contribution in [3.05, 3.63) is 70.3 Å². The van der Waals surface area contributed by atoms with Crippen molar-refractivity contribution in [1.29, 1.82) is 0 Å². The van der Waals surface area contributed by atoms with Crippen LogP contribution in [0.5, 0.6) is 0 Å². The second-order valence-electron chi connectivity index (χ2n) is 5.18. The van der Waals surface area contributed by atoms with Crippen molar-refractivity contribution in [2.75, 3.05) is 6.54 Å². The lowest BCUT2D eigenvalue weighted by molar-refractivity contribution is -0.384. The van der Waals surface area contributed by atoms with Crippen LogP contribution in [0, 0.1) is 10.1 Å². The van der Waals surface area contributed by atoms with E-state index in [4.69, 9.17) is 0 Å². The fourth-order valence-electron chi connectivity index (χ4n) is 2.21. The van der Waals surface area contributed by atoms with Gasteiger partial charge >= 0.3 is 0 Å². The van der Waals surface area contributed by atoms with Crippen molar-refractivity contribution < 1.29 is 18.1 Å². The molecule has 0 fully saturated rings. The summed E-state index contributed by atoms with van der Waals surface area (Å²) in [7, 11) is -3.86. The highest BCUT2D eigenvalue weighted by Crippen LogP contribution is 2.19. The molecule has 0 aliphatic heterocycles. The smallest absolute Gasteiger partial charge is 0.269 e. The molecule has 7 nitrogen and oxygen atoms in total. The van der Waals surface area contributed by atoms with Crippen molar-refractivity contribution in [2.45, 2.75) is 17.7 Å². The fourth-order valence-corrected chi connectivity index (χ4v) is 3.25. The number of carbonyl (C=O) groups excluding carboxylic acids is 1. The first-order chi connectivity index (χ1) is 11.3. The number of nitro groups is 1. The summed E-state index contributed by atoms with van der Waals surface area (Å²) in [6.45, 7) is 1.32. The average molecular weight is 348 g/mol. The van der Waals surface area contributed by atoms with Crippen LogP contribution in [-0.4, -0.2) is 25.7 Å². The molecule has 0 aliphatic carbocycles. The molecule has 0 saturated carbocycles. The molecular weight excluding hydrogens is 332 g/mol. The van der Waals surface area contributed by atoms with Gasteiger partial charge in [0.15, 0.2) is 0 Å². The van der Waals surface area contributed by atoms with Gasteiger partial charge in [-0.25, -0.2) is 13.1 Å². The molecule has 2 rings (SSSR count). The standard InChI is InChI=1S/C16H16N2O5S/c1-12(19)16(13-5-3-2-4-6-13)11-17-24(22,23)15-9-7-14(8-10-15)18(20)21/h2-10,16-17H,11H2,1H3/t16-/m1/s1. The zero-order valence-corrected chi connectivity index (χ0v) is 13.7. The van der Waals surface area contributed by atoms with E-state index < -0.39 is 20.9 Å². The number of carbonyl (C=O) groups is 1. The third-order valence-corrected chi connectivity index (χ3v) is 4.97. The van der Waals surface area contributed by atoms with Crippen LogP contribution in [-0.2, 0) is 14.8 Å². The minimum absolute atomic E-state index is 0.0847. The molecule has 1 atom stereocenters. The van der Waals surface area contributed by atoms with Crippen LogP contribution in [0.3, 0.4) is 0 Å². The number of ketones is 1. The molecule has 0 aromatic heterocycles. The van der Waals surface area contributed by atoms with Crippen molar-refractivity contribution >= 4 is 21.5 Å². The second kappa shape index (κ2) is 7.33. The van der Waals surface area contributed by atoms with E-state index in [2.05, 4.69) is 4.72 Å². The molecule has 24 heavy (non-hydrogen) atoms. The predicted molar refractivity (Wildman–Crippen MR) is 88.1 cm³/mol. The van der Waals surface area contributed by atoms with Crippen LogP contribution >= 0.6 is 0 Å². The lowest BCUT2D eigenvalue weighted by Crippen LogP contribution is -2.31. The van der Waals surface area contributed by atoms with Gasteiger partial charge in [0, 0.05) is 18.7 Å². The second-order valence-corrected chi connectivity index (χ2v) is 6.94. The number of nitro benzene ring substituents is 1. The van der Waals surface area contributed by atoms with E-state index >= 15 is 0 Å². The quantitative estimate of drug-likeness (QED) is 0.610. The number of Topliss-reactive ketones (excluding diaryl/α,β-unsaturated/α-hetero) is 1. The molecule has 0 unspecified atom stereocenters. The molecule has 1 N–H and O–H groups in total. The maximum atomic E-state index is 12.3. The summed E-state index contributed by atoms with van der Waals surface area (Å²) in [5, 5.41) is 10.6. The Hall–Kier alpha value is -2.58. The van der Waals surface area contributed by atoms with Gasteiger partial charge in [0.1, 0.15) is 5.78 Å². The van der Waals surface area contributed by atoms with Crippen molar-refractivity contribution in [1.82, 2.24) is 4.72 Å². The van der Waals surface area contributed by atoms with E-state index in [1.165, 1.54) is 6.92 Å². The zero-order valence-electron chi connectivity index (χ0n) is 12.9. The van der Waals surface area contributed by atoms with E-state index in [0.29, 0.717) is 0 Å². The Bertz CT molecular complexity index is 833. The van der Waals surface area contributed by atoms with E-state index in [1.54, 1.807) is 24.3 Å². The first-order valence-corrected chi connectivity index (χ1v) is 8.59. The Kier molecular flexibility index (Phi) is 5.42. The van der Waals surface area contributed by atoms with Crippen molar-refractivity contribution in [2.24, 2.45) is 0 Å². The Morgan fingerprint density at radius 3 is 2.21 bits per heavy atom. The number of benzene rings is 2. The highest BCUT2D eigenvalue weighted by molar-refractivity contribution is 7.89. The average Bonchev–Trinajstić information content (AvgIpc) is 2.55. The summed E-state index contributed by atoms with van der Waals surface area (Å²) in [5.74, 6) is -0.758. The van der Waals surface area contributed by atoms with Crippen LogP contribution in [0.1, 0.15) is 18.4 Å². The maximum Gasteiger partial charge on any atom is 0.269 e. The van der Waals surface area contributed by atoms with Gasteiger partial charge in [-0.15, -0.1) is 0 Å². The predicted octanol–water partition coefficient (Wildman–Crippen LogP) is 2.25. The van der Waals surface area contributed by atoms with Crippen LogP contribution < -0.4 is 4.72 Å². The topological polar surface area (TPSA) is 106 Å². The summed E-state index contributed by atoms with van der Waals surface area (Å²) in [5.41, 5.74) is 0.524. The van der Waals surface area contributed by atoms with Crippen LogP contribution in [0.4, 0.5) is 5.69 Å². The normalized spacial score (nSPS) is 12.5. The van der Waals surface area contributed by atoms with Crippen molar-refractivity contribution in [3.63, 3.8) is 0 Å². The highest BCUT2D eigenvalue weighted by atomic mass is 32.2. The Labute approximate surface area is 139 Å². The lowest BCUT2D eigenvalue weighted by Gasteiger charge is -2.15. The molecule has 126 valence electrons. The van der Waals surface area contributed by atoms with Gasteiger partial charge < -0.3 is 0 Å². The molecule has 8 heteroatoms. The summed E-state index contributed by atoms with van der Waals surface area (Å²) < 4.78 is 26.9. The SMILES string of the molecule is CC(=O)[C@@H](CNS(=O)(=O)c1ccc([N+](=O)[O-])cc1)c1ccccc1. The first-order valence-electron chi connectivity index (χ1n) is 7.11. The Morgan fingerprint density at radius 1 is 1.12 bits per heavy atom. The minimum Gasteiger partial charge on any atom is -0.299 e. The fraction of sp³-hybridized carbons (Fsp3) is 0.188. The number of nitrogens with zero attached hydrogens (tertiary/aromatic N) is 1. The summed E-state index contributed by atoms with van der Waals surface area (Å²) >= 11 is 0. The van der Waals surface area contributed by atoms with Crippen molar-refractivity contribution in [3.8, 4) is 0 Å². The molecule has 0 radical (unpaired) electrons. The molecule has 0 aliphatic rings. The summed E-state index contributed by atoms with van der Waals surface area (Å²) in [4.78, 5) is 21.7. The van der Waals surface area contributed by atoms with E-state index in [1.807, 2.05) is 6.07 Å². The Balaban J connectivity index is 2.16. The summed E-state index contributed by atoms with van der Waals surface area (Å²) in [6.07, 6.45) is 0. The van der Waals surface area contributed by atoms with Crippen LogP contribution in [0.15, 0.2) is 59.5 Å². The largest absolute Gasteiger partial charge is 0.299 e. The number of sulfonamides is 1. The summed E-state index contributed by atoms with van der Waals surface area (Å²) in [6, 6.07) is 13.4. The van der Waals surface area contributed by atoms with Gasteiger partial charge in [-0.2, -0.15) is 0 Å². The molecule has 0 saturated heterocycles. The van der Waals surface area contributed by atoms with Gasteiger partial charge in [-0.05, 0) is 24.6 Å². The van der Waals surface area contributed by atoms with Gasteiger partial charge in [-0.1, -0.05) is 30.3 Å². The third-order valence-electron chi connectivity index (χ3n) is 3.53. The minimum atomic E-state index is -3.86. The monoisotopic (exact) mass is 348 g/mol. The van der Waals surface area contributed by atoms with E-state index in [0.717, 1.165) is 29.8 Å². The number of non-ortho nitro benzene ring substituents is 1. The molecule has 2 aromatic carbocycles. The lowest BCUT2D eigenvalue weighted by atomic mass is 9.96. The van der Waals surface area contributed by atoms with E-state index in [-0.39, 0.29) is 22.9 Å². The highest BCUT2D eigenvalue weighted by Gasteiger charge is 2.21.